The fourth-order valence-corrected chi connectivity index (χ4v) is 10.7. The summed E-state index contributed by atoms with van der Waals surface area (Å²) in [5, 5.41) is 46.8. The molecule has 2 bridgehead atoms. The molecule has 6 aliphatic rings. The van der Waals surface area contributed by atoms with Crippen LogP contribution in [-0.2, 0) is 23.8 Å². The molecule has 4 saturated carbocycles. The van der Waals surface area contributed by atoms with Crippen molar-refractivity contribution in [2.45, 2.75) is 95.3 Å². The predicted octanol–water partition coefficient (Wildman–Crippen LogP) is 0.895. The van der Waals surface area contributed by atoms with E-state index in [0.29, 0.717) is 6.42 Å². The second-order valence-corrected chi connectivity index (χ2v) is 13.3. The molecule has 3 heterocycles. The molecule has 2 unspecified atom stereocenters. The first kappa shape index (κ1) is 25.2. The molecule has 0 aromatic carbocycles. The highest BCUT2D eigenvalue weighted by Crippen LogP contribution is 2.82. The summed E-state index contributed by atoms with van der Waals surface area (Å²) >= 11 is 0. The Morgan fingerprint density at radius 2 is 1.79 bits per heavy atom. The van der Waals surface area contributed by atoms with Gasteiger partial charge in [0.2, 0.25) is 0 Å². The number of carbonyl (C=O) groups is 2. The number of esters is 1. The predicted molar refractivity (Wildman–Crippen MR) is 127 cm³/mol. The summed E-state index contributed by atoms with van der Waals surface area (Å²) in [7, 11) is 0. The Bertz CT molecular complexity index is 1200. The minimum absolute atomic E-state index is 0.00521. The minimum atomic E-state index is -1.43. The molecule has 4 aliphatic carbocycles. The fraction of sp³-hybridized carbons (Fsp3) is 0.786. The molecule has 2 aliphatic heterocycles. The first-order chi connectivity index (χ1) is 17.8. The van der Waals surface area contributed by atoms with Crippen LogP contribution < -0.4 is 0 Å². The highest BCUT2D eigenvalue weighted by atomic mass is 16.6. The first-order valence-electron chi connectivity index (χ1n) is 13.6. The number of furan rings is 1. The molecule has 2 saturated heterocycles. The van der Waals surface area contributed by atoms with Gasteiger partial charge in [0.1, 0.15) is 17.8 Å². The van der Waals surface area contributed by atoms with E-state index in [1.54, 1.807) is 19.5 Å². The molecule has 4 N–H and O–H groups in total. The Hall–Kier alpha value is -1.82. The van der Waals surface area contributed by atoms with Gasteiger partial charge in [-0.15, -0.1) is 0 Å². The second kappa shape index (κ2) is 7.27. The summed E-state index contributed by atoms with van der Waals surface area (Å²) in [6.45, 7) is 6.61. The average molecular weight is 533 g/mol. The number of carbonyl (C=O) groups excluding carboxylic acids is 2. The molecule has 14 atom stereocenters. The maximum atomic E-state index is 14.5. The van der Waals surface area contributed by atoms with Crippen molar-refractivity contribution in [3.05, 3.63) is 24.2 Å². The van der Waals surface area contributed by atoms with Crippen LogP contribution in [0.2, 0.25) is 0 Å². The Morgan fingerprint density at radius 3 is 2.45 bits per heavy atom. The third-order valence-electron chi connectivity index (χ3n) is 12.3. The van der Waals surface area contributed by atoms with E-state index < -0.39 is 81.6 Å². The Kier molecular flexibility index (Phi) is 4.82. The van der Waals surface area contributed by atoms with Crippen molar-refractivity contribution in [1.29, 1.82) is 0 Å². The molecule has 1 aromatic rings. The quantitative estimate of drug-likeness (QED) is 0.318. The van der Waals surface area contributed by atoms with E-state index in [0.717, 1.165) is 5.56 Å². The number of rotatable bonds is 2. The van der Waals surface area contributed by atoms with Crippen molar-refractivity contribution in [3.63, 3.8) is 0 Å². The lowest BCUT2D eigenvalue weighted by Gasteiger charge is -2.72. The van der Waals surface area contributed by atoms with Crippen LogP contribution in [0.25, 0.3) is 0 Å². The highest BCUT2D eigenvalue weighted by Gasteiger charge is 2.92. The van der Waals surface area contributed by atoms with Crippen molar-refractivity contribution in [2.75, 3.05) is 6.61 Å². The highest BCUT2D eigenvalue weighted by molar-refractivity contribution is 5.91. The largest absolute Gasteiger partial charge is 0.472 e. The molecule has 10 heteroatoms. The van der Waals surface area contributed by atoms with E-state index >= 15 is 0 Å². The van der Waals surface area contributed by atoms with E-state index in [1.165, 1.54) is 6.92 Å². The molecule has 6 fully saturated rings. The summed E-state index contributed by atoms with van der Waals surface area (Å²) in [4.78, 5) is 26.5. The molecule has 7 rings (SSSR count). The first-order valence-corrected chi connectivity index (χ1v) is 13.6. The van der Waals surface area contributed by atoms with E-state index in [2.05, 4.69) is 0 Å². The number of epoxide rings is 1. The van der Waals surface area contributed by atoms with Gasteiger partial charge in [-0.2, -0.15) is 0 Å². The smallest absolute Gasteiger partial charge is 0.302 e. The van der Waals surface area contributed by atoms with Gasteiger partial charge in [-0.3, -0.25) is 9.59 Å². The normalized spacial score (nSPS) is 58.3. The van der Waals surface area contributed by atoms with Crippen molar-refractivity contribution < 1.29 is 48.6 Å². The van der Waals surface area contributed by atoms with Gasteiger partial charge in [0, 0.05) is 41.4 Å². The average Bonchev–Trinajstić information content (AvgIpc) is 3.22. The number of ketones is 1. The van der Waals surface area contributed by atoms with E-state index in [9.17, 15) is 30.0 Å². The van der Waals surface area contributed by atoms with Crippen molar-refractivity contribution in [2.24, 2.45) is 33.5 Å². The van der Waals surface area contributed by atoms with Crippen LogP contribution in [0.1, 0.15) is 58.4 Å². The molecule has 1 aromatic heterocycles. The van der Waals surface area contributed by atoms with Crippen LogP contribution in [0.15, 0.2) is 23.0 Å². The van der Waals surface area contributed by atoms with E-state index in [1.807, 2.05) is 19.9 Å². The summed E-state index contributed by atoms with van der Waals surface area (Å²) in [5.74, 6) is -2.88. The van der Waals surface area contributed by atoms with Crippen LogP contribution in [0, 0.1) is 33.5 Å². The molecular formula is C28H36O10. The molecule has 1 spiro atoms. The van der Waals surface area contributed by atoms with Gasteiger partial charge in [-0.05, 0) is 30.4 Å². The molecule has 208 valence electrons. The van der Waals surface area contributed by atoms with Gasteiger partial charge in [-0.1, -0.05) is 20.8 Å². The maximum Gasteiger partial charge on any atom is 0.302 e. The van der Waals surface area contributed by atoms with Crippen molar-refractivity contribution >= 4 is 11.8 Å². The van der Waals surface area contributed by atoms with Gasteiger partial charge in [-0.25, -0.2) is 0 Å². The monoisotopic (exact) mass is 532 g/mol. The fourth-order valence-electron chi connectivity index (χ4n) is 10.7. The molecule has 0 amide bonds. The zero-order chi connectivity index (χ0) is 27.2. The van der Waals surface area contributed by atoms with Crippen LogP contribution in [0.4, 0.5) is 0 Å². The molecule has 0 radical (unpaired) electrons. The van der Waals surface area contributed by atoms with Crippen LogP contribution in [0.3, 0.4) is 0 Å². The maximum absolute atomic E-state index is 14.5. The van der Waals surface area contributed by atoms with Crippen LogP contribution in [-0.4, -0.2) is 81.2 Å². The van der Waals surface area contributed by atoms with E-state index in [-0.39, 0.29) is 31.5 Å². The number of ether oxygens (including phenoxy) is 3. The lowest BCUT2D eigenvalue weighted by atomic mass is 9.33. The van der Waals surface area contributed by atoms with Crippen molar-refractivity contribution in [1.82, 2.24) is 0 Å². The van der Waals surface area contributed by atoms with E-state index in [4.69, 9.17) is 18.6 Å². The zero-order valence-corrected chi connectivity index (χ0v) is 22.0. The number of fused-ring (bicyclic) bond motifs is 1. The zero-order valence-electron chi connectivity index (χ0n) is 22.0. The minimum Gasteiger partial charge on any atom is -0.472 e. The van der Waals surface area contributed by atoms with Crippen molar-refractivity contribution in [3.8, 4) is 0 Å². The SMILES string of the molecule is CC(=O)O[C@@H]1C[C@H](O)[C@@]23COC(O)C1(C)[C@@H]2C[C@@H](O)[C@]1(C)[C@@H]3C(=O)[C@H](O)[C@@]2(C)[C@H](c3ccoc3)C[C@H]3O[C@]321. The summed E-state index contributed by atoms with van der Waals surface area (Å²) < 4.78 is 23.3. The Balaban J connectivity index is 1.41. The van der Waals surface area contributed by atoms with Gasteiger partial charge >= 0.3 is 5.97 Å². The van der Waals surface area contributed by atoms with Gasteiger partial charge in [0.15, 0.2) is 12.1 Å². The van der Waals surface area contributed by atoms with Crippen LogP contribution in [0.5, 0.6) is 0 Å². The number of hydrogen-bond donors (Lipinski definition) is 4. The third kappa shape index (κ3) is 2.36. The standard InChI is InChI=1S/C28H36O10/c1-12(29)37-18-9-17(31)27-11-36-23(34)24(18,2)15(27)8-16(30)26(4)21(27)20(32)22(33)25(3)14(13-5-6-35-10-13)7-19-28(25,26)38-19/h5-6,10,14-19,21-23,30-31,33-34H,7-9,11H2,1-4H3/t14-,15-,16+,17-,18+,19+,21-,22-,23?,24?,25+,26+,27+,28+/m0/s1. The summed E-state index contributed by atoms with van der Waals surface area (Å²) in [5.41, 5.74) is -4.74. The van der Waals surface area contributed by atoms with Crippen LogP contribution >= 0.6 is 0 Å². The van der Waals surface area contributed by atoms with Gasteiger partial charge in [0.05, 0.1) is 42.9 Å². The summed E-state index contributed by atoms with van der Waals surface area (Å²) in [6.07, 6.45) is -2.21. The number of aliphatic hydroxyl groups is 4. The number of aliphatic hydroxyl groups excluding tert-OH is 4. The van der Waals surface area contributed by atoms with Gasteiger partial charge in [0.25, 0.3) is 0 Å². The Labute approximate surface area is 220 Å². The number of Topliss-reactive ketones (excluding diaryl/α,β-unsaturated/α-hetero) is 1. The second-order valence-electron chi connectivity index (χ2n) is 13.3. The third-order valence-corrected chi connectivity index (χ3v) is 12.3. The van der Waals surface area contributed by atoms with Gasteiger partial charge < -0.3 is 39.1 Å². The lowest BCUT2D eigenvalue weighted by molar-refractivity contribution is -0.373. The number of hydrogen-bond acceptors (Lipinski definition) is 10. The molecule has 38 heavy (non-hydrogen) atoms. The lowest BCUT2D eigenvalue weighted by Crippen LogP contribution is -2.82. The molecular weight excluding hydrogens is 496 g/mol. The topological polar surface area (TPSA) is 159 Å². The molecule has 10 nitrogen and oxygen atoms in total. The summed E-state index contributed by atoms with van der Waals surface area (Å²) in [6, 6.07) is 1.84. The Morgan fingerprint density at radius 1 is 1.05 bits per heavy atom.